The van der Waals surface area contributed by atoms with Crippen LogP contribution in [0.1, 0.15) is 6.92 Å². The van der Waals surface area contributed by atoms with Crippen LogP contribution in [0.2, 0.25) is 0 Å². The van der Waals surface area contributed by atoms with Crippen molar-refractivity contribution in [1.29, 1.82) is 0 Å². The molecule has 2 amide bonds. The number of anilines is 2. The molecule has 0 aliphatic heterocycles. The lowest BCUT2D eigenvalue weighted by molar-refractivity contribution is -0.121. The standard InChI is InChI=1S/C18H19N3O4S/c1-12(22)19-13-3-5-14(6-4-13)20-18(26)21-17(23)11-25-16-9-7-15(24-2)8-10-16/h3-10H,11H2,1-2H3,(H,19,22)(H2,20,21,23,26). The van der Waals surface area contributed by atoms with Gasteiger partial charge in [0.05, 0.1) is 7.11 Å². The monoisotopic (exact) mass is 373 g/mol. The smallest absolute Gasteiger partial charge is 0.264 e. The predicted molar refractivity (Wildman–Crippen MR) is 104 cm³/mol. The van der Waals surface area contributed by atoms with Crippen LogP contribution in [0, 0.1) is 0 Å². The molecule has 7 nitrogen and oxygen atoms in total. The molecule has 0 unspecified atom stereocenters. The largest absolute Gasteiger partial charge is 0.497 e. The third kappa shape index (κ3) is 6.40. The zero-order valence-corrected chi connectivity index (χ0v) is 15.2. The van der Waals surface area contributed by atoms with Gasteiger partial charge in [0.2, 0.25) is 5.91 Å². The van der Waals surface area contributed by atoms with E-state index in [-0.39, 0.29) is 23.5 Å². The van der Waals surface area contributed by atoms with Crippen molar-refractivity contribution in [3.05, 3.63) is 48.5 Å². The molecule has 2 rings (SSSR count). The SMILES string of the molecule is COc1ccc(OCC(=O)NC(=S)Nc2ccc(NC(C)=O)cc2)cc1. The van der Waals surface area contributed by atoms with Gasteiger partial charge in [0.25, 0.3) is 5.91 Å². The van der Waals surface area contributed by atoms with E-state index in [1.54, 1.807) is 55.6 Å². The van der Waals surface area contributed by atoms with Crippen LogP contribution in [-0.4, -0.2) is 30.6 Å². The van der Waals surface area contributed by atoms with Crippen LogP contribution in [0.3, 0.4) is 0 Å². The van der Waals surface area contributed by atoms with Crippen molar-refractivity contribution < 1.29 is 19.1 Å². The third-order valence-electron chi connectivity index (χ3n) is 3.15. The van der Waals surface area contributed by atoms with Gasteiger partial charge in [-0.15, -0.1) is 0 Å². The highest BCUT2D eigenvalue weighted by atomic mass is 32.1. The molecule has 0 fully saturated rings. The highest BCUT2D eigenvalue weighted by molar-refractivity contribution is 7.80. The topological polar surface area (TPSA) is 88.7 Å². The Bertz CT molecular complexity index is 776. The lowest BCUT2D eigenvalue weighted by Gasteiger charge is -2.11. The number of carbonyl (C=O) groups is 2. The van der Waals surface area contributed by atoms with Gasteiger partial charge in [0, 0.05) is 18.3 Å². The van der Waals surface area contributed by atoms with Crippen molar-refractivity contribution in [3.63, 3.8) is 0 Å². The summed E-state index contributed by atoms with van der Waals surface area (Å²) in [6, 6.07) is 13.8. The van der Waals surface area contributed by atoms with E-state index < -0.39 is 0 Å². The number of nitrogens with one attached hydrogen (secondary N) is 3. The van der Waals surface area contributed by atoms with Crippen LogP contribution in [-0.2, 0) is 9.59 Å². The summed E-state index contributed by atoms with van der Waals surface area (Å²) in [5.74, 6) is 0.726. The zero-order valence-electron chi connectivity index (χ0n) is 14.4. The molecule has 0 radical (unpaired) electrons. The van der Waals surface area contributed by atoms with Gasteiger partial charge < -0.3 is 20.1 Å². The summed E-state index contributed by atoms with van der Waals surface area (Å²) in [6.07, 6.45) is 0. The van der Waals surface area contributed by atoms with Crippen molar-refractivity contribution in [2.45, 2.75) is 6.92 Å². The molecule has 0 aliphatic carbocycles. The fourth-order valence-corrected chi connectivity index (χ4v) is 2.22. The van der Waals surface area contributed by atoms with Crippen molar-refractivity contribution >= 4 is 40.5 Å². The number of hydrogen-bond donors (Lipinski definition) is 3. The van der Waals surface area contributed by atoms with E-state index in [2.05, 4.69) is 16.0 Å². The Balaban J connectivity index is 1.77. The van der Waals surface area contributed by atoms with Crippen LogP contribution in [0.15, 0.2) is 48.5 Å². The second kappa shape index (κ2) is 9.38. The Hall–Kier alpha value is -3.13. The quantitative estimate of drug-likeness (QED) is 0.675. The van der Waals surface area contributed by atoms with Crippen molar-refractivity contribution in [3.8, 4) is 11.5 Å². The molecule has 3 N–H and O–H groups in total. The third-order valence-corrected chi connectivity index (χ3v) is 3.35. The normalized spacial score (nSPS) is 9.77. The number of carbonyl (C=O) groups excluding carboxylic acids is 2. The first-order valence-corrected chi connectivity index (χ1v) is 8.12. The van der Waals surface area contributed by atoms with Crippen LogP contribution in [0.25, 0.3) is 0 Å². The summed E-state index contributed by atoms with van der Waals surface area (Å²) in [5, 5.41) is 8.23. The van der Waals surface area contributed by atoms with Crippen molar-refractivity contribution in [2.24, 2.45) is 0 Å². The summed E-state index contributed by atoms with van der Waals surface area (Å²) in [6.45, 7) is 1.26. The Morgan fingerprint density at radius 2 is 1.46 bits per heavy atom. The molecule has 136 valence electrons. The van der Waals surface area contributed by atoms with Crippen LogP contribution >= 0.6 is 12.2 Å². The maximum absolute atomic E-state index is 11.9. The minimum Gasteiger partial charge on any atom is -0.497 e. The van der Waals surface area contributed by atoms with Gasteiger partial charge in [-0.05, 0) is 60.7 Å². The molecule has 0 bridgehead atoms. The van der Waals surface area contributed by atoms with Gasteiger partial charge in [-0.25, -0.2) is 0 Å². The molecule has 0 saturated carbocycles. The number of amides is 2. The average Bonchev–Trinajstić information content (AvgIpc) is 2.61. The molecule has 8 heteroatoms. The van der Waals surface area contributed by atoms with Gasteiger partial charge in [0.1, 0.15) is 11.5 Å². The van der Waals surface area contributed by atoms with E-state index in [0.29, 0.717) is 22.9 Å². The lowest BCUT2D eigenvalue weighted by Crippen LogP contribution is -2.37. The predicted octanol–water partition coefficient (Wildman–Crippen LogP) is 2.55. The Morgan fingerprint density at radius 3 is 2.00 bits per heavy atom. The molecule has 0 atom stereocenters. The van der Waals surface area contributed by atoms with E-state index in [0.717, 1.165) is 0 Å². The number of ether oxygens (including phenoxy) is 2. The second-order valence-electron chi connectivity index (χ2n) is 5.23. The molecule has 0 spiro atoms. The molecule has 0 aromatic heterocycles. The Morgan fingerprint density at radius 1 is 0.923 bits per heavy atom. The van der Waals surface area contributed by atoms with Gasteiger partial charge in [0.15, 0.2) is 11.7 Å². The highest BCUT2D eigenvalue weighted by Crippen LogP contribution is 2.17. The molecule has 0 heterocycles. The first kappa shape index (κ1) is 19.2. The number of rotatable bonds is 6. The van der Waals surface area contributed by atoms with E-state index in [1.807, 2.05) is 0 Å². The minimum atomic E-state index is -0.381. The van der Waals surface area contributed by atoms with Crippen LogP contribution < -0.4 is 25.4 Å². The molecular weight excluding hydrogens is 354 g/mol. The second-order valence-corrected chi connectivity index (χ2v) is 5.63. The van der Waals surface area contributed by atoms with Crippen LogP contribution in [0.5, 0.6) is 11.5 Å². The fourth-order valence-electron chi connectivity index (χ4n) is 1.99. The summed E-state index contributed by atoms with van der Waals surface area (Å²) in [4.78, 5) is 22.9. The maximum atomic E-state index is 11.9. The summed E-state index contributed by atoms with van der Waals surface area (Å²) in [7, 11) is 1.57. The molecule has 0 saturated heterocycles. The van der Waals surface area contributed by atoms with Gasteiger partial charge >= 0.3 is 0 Å². The Kier molecular flexibility index (Phi) is 6.92. The summed E-state index contributed by atoms with van der Waals surface area (Å²) < 4.78 is 10.4. The van der Waals surface area contributed by atoms with Gasteiger partial charge in [-0.2, -0.15) is 0 Å². The maximum Gasteiger partial charge on any atom is 0.264 e. The molecule has 0 aliphatic rings. The molecular formula is C18H19N3O4S. The Labute approximate surface area is 156 Å². The van der Waals surface area contributed by atoms with E-state index in [4.69, 9.17) is 21.7 Å². The van der Waals surface area contributed by atoms with Gasteiger partial charge in [-0.1, -0.05) is 0 Å². The van der Waals surface area contributed by atoms with E-state index >= 15 is 0 Å². The number of methoxy groups -OCH3 is 1. The van der Waals surface area contributed by atoms with E-state index in [1.165, 1.54) is 6.92 Å². The van der Waals surface area contributed by atoms with Crippen molar-refractivity contribution in [1.82, 2.24) is 5.32 Å². The minimum absolute atomic E-state index is 0.148. The van der Waals surface area contributed by atoms with Crippen molar-refractivity contribution in [2.75, 3.05) is 24.4 Å². The first-order valence-electron chi connectivity index (χ1n) is 7.71. The molecule has 2 aromatic rings. The summed E-state index contributed by atoms with van der Waals surface area (Å²) >= 11 is 5.09. The van der Waals surface area contributed by atoms with Crippen LogP contribution in [0.4, 0.5) is 11.4 Å². The summed E-state index contributed by atoms with van der Waals surface area (Å²) in [5.41, 5.74) is 1.35. The number of benzene rings is 2. The lowest BCUT2D eigenvalue weighted by atomic mass is 10.3. The fraction of sp³-hybridized carbons (Fsp3) is 0.167. The zero-order chi connectivity index (χ0) is 18.9. The number of hydrogen-bond acceptors (Lipinski definition) is 5. The first-order chi connectivity index (χ1) is 12.5. The molecule has 26 heavy (non-hydrogen) atoms. The van der Waals surface area contributed by atoms with Gasteiger partial charge in [-0.3, -0.25) is 14.9 Å². The van der Waals surface area contributed by atoms with E-state index in [9.17, 15) is 9.59 Å². The molecule has 2 aromatic carbocycles. The highest BCUT2D eigenvalue weighted by Gasteiger charge is 2.06. The average molecular weight is 373 g/mol. The number of thiocarbonyl (C=S) groups is 1.